The average Bonchev–Trinajstić information content (AvgIpc) is 1.61. The third-order valence-electron chi connectivity index (χ3n) is 0.777. The lowest BCUT2D eigenvalue weighted by atomic mass is 10.2. The Labute approximate surface area is 76.7 Å². The van der Waals surface area contributed by atoms with Crippen LogP contribution in [-0.2, 0) is 4.79 Å². The van der Waals surface area contributed by atoms with Gasteiger partial charge in [-0.3, -0.25) is 4.79 Å². The van der Waals surface area contributed by atoms with Gasteiger partial charge in [-0.2, -0.15) is 0 Å². The van der Waals surface area contributed by atoms with Gasteiger partial charge in [-0.1, -0.05) is 13.3 Å². The highest BCUT2D eigenvalue weighted by Crippen LogP contribution is 1.89. The summed E-state index contributed by atoms with van der Waals surface area (Å²) in [7, 11) is 0. The first-order valence-corrected chi connectivity index (χ1v) is 2.55. The summed E-state index contributed by atoms with van der Waals surface area (Å²) in [6.45, 7) is 2.03. The van der Waals surface area contributed by atoms with Crippen LogP contribution in [0.3, 0.4) is 0 Å². The van der Waals surface area contributed by atoms with Crippen LogP contribution in [0.1, 0.15) is 26.2 Å². The molecule has 0 saturated heterocycles. The van der Waals surface area contributed by atoms with E-state index in [2.05, 4.69) is 0 Å². The lowest BCUT2D eigenvalue weighted by Gasteiger charge is -1.86. The van der Waals surface area contributed by atoms with Gasteiger partial charge in [0, 0.05) is 6.42 Å². The molecular weight excluding hydrogens is 250 g/mol. The van der Waals surface area contributed by atoms with Crippen LogP contribution in [0, 0.1) is 0 Å². The molecule has 0 unspecified atom stereocenters. The van der Waals surface area contributed by atoms with Crippen LogP contribution in [0.2, 0.25) is 0 Å². The van der Waals surface area contributed by atoms with Gasteiger partial charge in [-0.05, 0) is 6.42 Å². The molecule has 2 N–H and O–H groups in total. The molecular formula is C5H13Br2NO. The van der Waals surface area contributed by atoms with E-state index >= 15 is 0 Å². The molecule has 0 atom stereocenters. The van der Waals surface area contributed by atoms with Gasteiger partial charge >= 0.3 is 0 Å². The zero-order valence-electron chi connectivity index (χ0n) is 5.42. The van der Waals surface area contributed by atoms with Gasteiger partial charge in [0.05, 0.1) is 0 Å². The van der Waals surface area contributed by atoms with E-state index in [9.17, 15) is 4.79 Å². The van der Waals surface area contributed by atoms with E-state index in [1.165, 1.54) is 0 Å². The highest BCUT2D eigenvalue weighted by molar-refractivity contribution is 8.93. The molecule has 1 amide bonds. The van der Waals surface area contributed by atoms with Gasteiger partial charge < -0.3 is 5.73 Å². The third kappa shape index (κ3) is 17.8. The van der Waals surface area contributed by atoms with E-state index < -0.39 is 0 Å². The number of unbranched alkanes of at least 4 members (excludes halogenated alkanes) is 1. The molecule has 9 heavy (non-hydrogen) atoms. The maximum absolute atomic E-state index is 9.98. The molecule has 0 aliphatic rings. The van der Waals surface area contributed by atoms with Crippen molar-refractivity contribution >= 4 is 39.9 Å². The minimum atomic E-state index is -0.193. The number of hydrogen-bond donors (Lipinski definition) is 1. The number of amides is 1. The maximum atomic E-state index is 9.98. The topological polar surface area (TPSA) is 43.1 Å². The number of halogens is 2. The summed E-state index contributed by atoms with van der Waals surface area (Å²) >= 11 is 0. The Balaban J connectivity index is -0.000000180. The summed E-state index contributed by atoms with van der Waals surface area (Å²) in [6.07, 6.45) is 2.51. The molecule has 58 valence electrons. The minimum absolute atomic E-state index is 0. The molecule has 0 radical (unpaired) electrons. The Morgan fingerprint density at radius 3 is 2.00 bits per heavy atom. The SMILES string of the molecule is Br.Br.CCCCC(N)=O. The lowest BCUT2D eigenvalue weighted by molar-refractivity contribution is -0.118. The van der Waals surface area contributed by atoms with Crippen LogP contribution < -0.4 is 5.73 Å². The average molecular weight is 263 g/mol. The first-order chi connectivity index (χ1) is 3.27. The summed E-state index contributed by atoms with van der Waals surface area (Å²) in [6, 6.07) is 0. The number of nitrogens with two attached hydrogens (primary N) is 1. The molecule has 4 heteroatoms. The molecule has 0 aliphatic carbocycles. The van der Waals surface area contributed by atoms with Crippen molar-refractivity contribution in [1.82, 2.24) is 0 Å². The zero-order chi connectivity index (χ0) is 5.70. The zero-order valence-corrected chi connectivity index (χ0v) is 8.85. The fraction of sp³-hybridized carbons (Fsp3) is 0.800. The smallest absolute Gasteiger partial charge is 0.217 e. The van der Waals surface area contributed by atoms with Crippen LogP contribution in [0.5, 0.6) is 0 Å². The lowest BCUT2D eigenvalue weighted by Crippen LogP contribution is -2.09. The molecule has 0 heterocycles. The van der Waals surface area contributed by atoms with Gasteiger partial charge in [-0.15, -0.1) is 34.0 Å². The highest BCUT2D eigenvalue weighted by atomic mass is 79.9. The Morgan fingerprint density at radius 2 is 1.89 bits per heavy atom. The van der Waals surface area contributed by atoms with Crippen molar-refractivity contribution in [2.24, 2.45) is 5.73 Å². The number of rotatable bonds is 3. The molecule has 0 fully saturated rings. The van der Waals surface area contributed by atoms with E-state index in [1.54, 1.807) is 0 Å². The predicted octanol–water partition coefficient (Wildman–Crippen LogP) is 1.82. The summed E-state index contributed by atoms with van der Waals surface area (Å²) in [5.41, 5.74) is 4.84. The van der Waals surface area contributed by atoms with Crippen molar-refractivity contribution < 1.29 is 4.79 Å². The van der Waals surface area contributed by atoms with Crippen LogP contribution in [0.15, 0.2) is 0 Å². The number of hydrogen-bond acceptors (Lipinski definition) is 1. The van der Waals surface area contributed by atoms with Gasteiger partial charge in [-0.25, -0.2) is 0 Å². The molecule has 0 spiro atoms. The van der Waals surface area contributed by atoms with E-state index in [-0.39, 0.29) is 39.9 Å². The first kappa shape index (κ1) is 16.2. The molecule has 2 nitrogen and oxygen atoms in total. The van der Waals surface area contributed by atoms with Crippen LogP contribution in [0.4, 0.5) is 0 Å². The molecule has 0 aromatic rings. The summed E-state index contributed by atoms with van der Waals surface area (Å²) in [5, 5.41) is 0. The largest absolute Gasteiger partial charge is 0.370 e. The minimum Gasteiger partial charge on any atom is -0.370 e. The van der Waals surface area contributed by atoms with E-state index in [1.807, 2.05) is 6.92 Å². The molecule has 0 saturated carbocycles. The van der Waals surface area contributed by atoms with Crippen molar-refractivity contribution in [2.45, 2.75) is 26.2 Å². The van der Waals surface area contributed by atoms with Gasteiger partial charge in [0.2, 0.25) is 5.91 Å². The van der Waals surface area contributed by atoms with Crippen LogP contribution in [-0.4, -0.2) is 5.91 Å². The Bertz CT molecular complexity index is 68.0. The van der Waals surface area contributed by atoms with Crippen molar-refractivity contribution in [3.63, 3.8) is 0 Å². The standard InChI is InChI=1S/C5H11NO.2BrH/c1-2-3-4-5(6)7;;/h2-4H2,1H3,(H2,6,7);2*1H. The van der Waals surface area contributed by atoms with Crippen molar-refractivity contribution in [2.75, 3.05) is 0 Å². The predicted molar refractivity (Wildman–Crippen MR) is 49.4 cm³/mol. The summed E-state index contributed by atoms with van der Waals surface area (Å²) in [4.78, 5) is 9.98. The summed E-state index contributed by atoms with van der Waals surface area (Å²) in [5.74, 6) is -0.193. The summed E-state index contributed by atoms with van der Waals surface area (Å²) < 4.78 is 0. The third-order valence-corrected chi connectivity index (χ3v) is 0.777. The fourth-order valence-corrected chi connectivity index (χ4v) is 0.351. The van der Waals surface area contributed by atoms with E-state index in [0.29, 0.717) is 6.42 Å². The van der Waals surface area contributed by atoms with Gasteiger partial charge in [0.15, 0.2) is 0 Å². The Hall–Kier alpha value is 0.430. The number of carbonyl (C=O) groups excluding carboxylic acids is 1. The Morgan fingerprint density at radius 1 is 1.44 bits per heavy atom. The molecule has 0 aromatic carbocycles. The molecule has 0 rings (SSSR count). The van der Waals surface area contributed by atoms with Crippen molar-refractivity contribution in [3.05, 3.63) is 0 Å². The van der Waals surface area contributed by atoms with Gasteiger partial charge in [0.1, 0.15) is 0 Å². The molecule has 0 aliphatic heterocycles. The highest BCUT2D eigenvalue weighted by Gasteiger charge is 1.88. The Kier molecular flexibility index (Phi) is 20.3. The fourth-order valence-electron chi connectivity index (χ4n) is 0.351. The first-order valence-electron chi connectivity index (χ1n) is 2.55. The molecule has 0 aromatic heterocycles. The second-order valence-corrected chi connectivity index (χ2v) is 1.57. The van der Waals surface area contributed by atoms with Crippen LogP contribution >= 0.6 is 34.0 Å². The van der Waals surface area contributed by atoms with Crippen LogP contribution in [0.25, 0.3) is 0 Å². The van der Waals surface area contributed by atoms with Gasteiger partial charge in [0.25, 0.3) is 0 Å². The number of carbonyl (C=O) groups is 1. The monoisotopic (exact) mass is 261 g/mol. The second kappa shape index (κ2) is 11.3. The maximum Gasteiger partial charge on any atom is 0.217 e. The van der Waals surface area contributed by atoms with Crippen molar-refractivity contribution in [3.8, 4) is 0 Å². The van der Waals surface area contributed by atoms with Crippen molar-refractivity contribution in [1.29, 1.82) is 0 Å². The van der Waals surface area contributed by atoms with E-state index in [0.717, 1.165) is 12.8 Å². The quantitative estimate of drug-likeness (QED) is 0.829. The second-order valence-electron chi connectivity index (χ2n) is 1.57. The normalized spacial score (nSPS) is 6.78. The van der Waals surface area contributed by atoms with E-state index in [4.69, 9.17) is 5.73 Å². The molecule has 0 bridgehead atoms. The number of primary amides is 1.